The molecule has 0 fully saturated rings. The molecule has 0 saturated heterocycles. The van der Waals surface area contributed by atoms with Gasteiger partial charge in [-0.2, -0.15) is 0 Å². The lowest BCUT2D eigenvalue weighted by Gasteiger charge is -2.17. The summed E-state index contributed by atoms with van der Waals surface area (Å²) < 4.78 is 1.79. The fraction of sp³-hybridized carbons (Fsp3) is 0.286. The number of amides is 2. The molecule has 2 amide bonds. The number of aryl methyl sites for hydroxylation is 1. The number of anilines is 1. The van der Waals surface area contributed by atoms with Gasteiger partial charge >= 0.3 is 0 Å². The number of hydrogen-bond acceptors (Lipinski definition) is 3. The Morgan fingerprint density at radius 1 is 1.18 bits per heavy atom. The third-order valence-corrected chi connectivity index (χ3v) is 4.75. The molecule has 3 aromatic rings. The Labute approximate surface area is 168 Å². The van der Waals surface area contributed by atoms with Gasteiger partial charge in [0.05, 0.1) is 17.5 Å². The number of rotatable bonds is 7. The Morgan fingerprint density at radius 2 is 1.93 bits per heavy atom. The maximum Gasteiger partial charge on any atom is 0.249 e. The molecule has 1 atom stereocenters. The SMILES string of the molecule is CCCC(NC(=O)Cc1ccccc1)C(=O)Nc1nc2cc(Cl)ccc2n1C. The molecule has 28 heavy (non-hydrogen) atoms. The highest BCUT2D eigenvalue weighted by Crippen LogP contribution is 2.22. The molecule has 1 unspecified atom stereocenters. The number of carbonyl (C=O) groups excluding carboxylic acids is 2. The number of hydrogen-bond donors (Lipinski definition) is 2. The zero-order chi connectivity index (χ0) is 20.1. The van der Waals surface area contributed by atoms with Crippen molar-refractivity contribution in [3.63, 3.8) is 0 Å². The standard InChI is InChI=1S/C21H23ClN4O2/c1-3-7-16(23-19(27)12-14-8-5-4-6-9-14)20(28)25-21-24-17-13-15(22)10-11-18(17)26(21)2/h4-6,8-11,13,16H,3,7,12H2,1-2H3,(H,23,27)(H,24,25,28). The summed E-state index contributed by atoms with van der Waals surface area (Å²) in [6.07, 6.45) is 1.54. The van der Waals surface area contributed by atoms with Crippen molar-refractivity contribution in [2.45, 2.75) is 32.2 Å². The van der Waals surface area contributed by atoms with Crippen LogP contribution in [0, 0.1) is 0 Å². The van der Waals surface area contributed by atoms with Crippen LogP contribution in [0.5, 0.6) is 0 Å². The molecule has 0 bridgehead atoms. The van der Waals surface area contributed by atoms with Gasteiger partial charge < -0.3 is 9.88 Å². The van der Waals surface area contributed by atoms with Gasteiger partial charge in [0.25, 0.3) is 0 Å². The van der Waals surface area contributed by atoms with E-state index in [-0.39, 0.29) is 18.2 Å². The predicted octanol–water partition coefficient (Wildman–Crippen LogP) is 3.69. The highest BCUT2D eigenvalue weighted by Gasteiger charge is 2.22. The fourth-order valence-electron chi connectivity index (χ4n) is 3.07. The average molecular weight is 399 g/mol. The fourth-order valence-corrected chi connectivity index (χ4v) is 3.23. The van der Waals surface area contributed by atoms with Gasteiger partial charge in [-0.1, -0.05) is 55.3 Å². The second kappa shape index (κ2) is 8.89. The van der Waals surface area contributed by atoms with Gasteiger partial charge in [0.2, 0.25) is 17.8 Å². The lowest BCUT2D eigenvalue weighted by molar-refractivity contribution is -0.126. The van der Waals surface area contributed by atoms with E-state index in [1.807, 2.05) is 50.4 Å². The Balaban J connectivity index is 1.70. The summed E-state index contributed by atoms with van der Waals surface area (Å²) in [6, 6.07) is 14.2. The van der Waals surface area contributed by atoms with E-state index in [9.17, 15) is 9.59 Å². The van der Waals surface area contributed by atoms with Crippen LogP contribution in [0.25, 0.3) is 11.0 Å². The van der Waals surface area contributed by atoms with Gasteiger partial charge in [-0.3, -0.25) is 14.9 Å². The average Bonchev–Trinajstić information content (AvgIpc) is 2.96. The van der Waals surface area contributed by atoms with Crippen LogP contribution in [0.3, 0.4) is 0 Å². The summed E-state index contributed by atoms with van der Waals surface area (Å²) in [5, 5.41) is 6.25. The molecule has 2 aromatic carbocycles. The molecule has 0 aliphatic rings. The minimum atomic E-state index is -0.621. The van der Waals surface area contributed by atoms with Crippen LogP contribution in [-0.2, 0) is 23.1 Å². The number of aromatic nitrogens is 2. The molecule has 1 heterocycles. The van der Waals surface area contributed by atoms with E-state index in [1.165, 1.54) is 0 Å². The van der Waals surface area contributed by atoms with Gasteiger partial charge in [-0.15, -0.1) is 0 Å². The number of imidazole rings is 1. The first kappa shape index (κ1) is 19.9. The lowest BCUT2D eigenvalue weighted by atomic mass is 10.1. The molecular weight excluding hydrogens is 376 g/mol. The van der Waals surface area contributed by atoms with Gasteiger partial charge in [0.1, 0.15) is 6.04 Å². The number of halogens is 1. The van der Waals surface area contributed by atoms with Gasteiger partial charge in [0, 0.05) is 12.1 Å². The summed E-state index contributed by atoms with van der Waals surface area (Å²) in [5.74, 6) is -0.0509. The Morgan fingerprint density at radius 3 is 2.64 bits per heavy atom. The Kier molecular flexibility index (Phi) is 6.31. The first-order valence-electron chi connectivity index (χ1n) is 9.24. The number of carbonyl (C=O) groups is 2. The molecule has 0 aliphatic heterocycles. The maximum absolute atomic E-state index is 12.8. The summed E-state index contributed by atoms with van der Waals surface area (Å²) in [5.41, 5.74) is 2.47. The van der Waals surface area contributed by atoms with E-state index in [4.69, 9.17) is 11.6 Å². The minimum absolute atomic E-state index is 0.184. The second-order valence-electron chi connectivity index (χ2n) is 6.69. The first-order chi connectivity index (χ1) is 13.5. The molecule has 3 rings (SSSR count). The number of nitrogens with zero attached hydrogens (tertiary/aromatic N) is 2. The van der Waals surface area contributed by atoms with Crippen molar-refractivity contribution in [3.05, 3.63) is 59.1 Å². The quantitative estimate of drug-likeness (QED) is 0.637. The van der Waals surface area contributed by atoms with Gasteiger partial charge in [-0.25, -0.2) is 4.98 Å². The Bertz CT molecular complexity index is 985. The smallest absolute Gasteiger partial charge is 0.249 e. The zero-order valence-corrected chi connectivity index (χ0v) is 16.7. The third-order valence-electron chi connectivity index (χ3n) is 4.51. The van der Waals surface area contributed by atoms with Crippen LogP contribution in [0.1, 0.15) is 25.3 Å². The van der Waals surface area contributed by atoms with E-state index < -0.39 is 6.04 Å². The van der Waals surface area contributed by atoms with Crippen molar-refractivity contribution in [1.82, 2.24) is 14.9 Å². The lowest BCUT2D eigenvalue weighted by Crippen LogP contribution is -2.44. The van der Waals surface area contributed by atoms with Crippen molar-refractivity contribution in [3.8, 4) is 0 Å². The van der Waals surface area contributed by atoms with Gasteiger partial charge in [-0.05, 0) is 30.2 Å². The van der Waals surface area contributed by atoms with E-state index in [0.29, 0.717) is 22.9 Å². The molecule has 0 spiro atoms. The molecule has 0 radical (unpaired) electrons. The molecule has 0 aliphatic carbocycles. The normalized spacial score (nSPS) is 12.0. The summed E-state index contributed by atoms with van der Waals surface area (Å²) in [7, 11) is 1.82. The van der Waals surface area contributed by atoms with E-state index in [1.54, 1.807) is 16.7 Å². The highest BCUT2D eigenvalue weighted by molar-refractivity contribution is 6.31. The number of fused-ring (bicyclic) bond motifs is 1. The number of benzene rings is 2. The van der Waals surface area contributed by atoms with Crippen molar-refractivity contribution < 1.29 is 9.59 Å². The van der Waals surface area contributed by atoms with E-state index >= 15 is 0 Å². The van der Waals surface area contributed by atoms with Crippen LogP contribution in [0.4, 0.5) is 5.95 Å². The zero-order valence-electron chi connectivity index (χ0n) is 15.9. The largest absolute Gasteiger partial charge is 0.344 e. The number of nitrogens with one attached hydrogen (secondary N) is 2. The molecule has 0 saturated carbocycles. The third kappa shape index (κ3) is 4.70. The summed E-state index contributed by atoms with van der Waals surface area (Å²) in [4.78, 5) is 29.6. The molecule has 146 valence electrons. The molecule has 6 nitrogen and oxygen atoms in total. The van der Waals surface area contributed by atoms with Crippen molar-refractivity contribution in [1.29, 1.82) is 0 Å². The van der Waals surface area contributed by atoms with Gasteiger partial charge in [0.15, 0.2) is 0 Å². The van der Waals surface area contributed by atoms with Crippen LogP contribution in [0.2, 0.25) is 5.02 Å². The van der Waals surface area contributed by atoms with Crippen molar-refractivity contribution in [2.75, 3.05) is 5.32 Å². The van der Waals surface area contributed by atoms with E-state index in [0.717, 1.165) is 17.5 Å². The monoisotopic (exact) mass is 398 g/mol. The Hall–Kier alpha value is -2.86. The van der Waals surface area contributed by atoms with Crippen molar-refractivity contribution in [2.24, 2.45) is 7.05 Å². The predicted molar refractivity (Wildman–Crippen MR) is 111 cm³/mol. The summed E-state index contributed by atoms with van der Waals surface area (Å²) >= 11 is 6.02. The molecule has 2 N–H and O–H groups in total. The van der Waals surface area contributed by atoms with Crippen LogP contribution in [-0.4, -0.2) is 27.4 Å². The van der Waals surface area contributed by atoms with E-state index in [2.05, 4.69) is 15.6 Å². The summed E-state index contributed by atoms with van der Waals surface area (Å²) in [6.45, 7) is 1.97. The second-order valence-corrected chi connectivity index (χ2v) is 7.12. The van der Waals surface area contributed by atoms with Crippen LogP contribution in [0.15, 0.2) is 48.5 Å². The first-order valence-corrected chi connectivity index (χ1v) is 9.62. The highest BCUT2D eigenvalue weighted by atomic mass is 35.5. The molecule has 1 aromatic heterocycles. The molecule has 7 heteroatoms. The molecular formula is C21H23ClN4O2. The topological polar surface area (TPSA) is 76.0 Å². The minimum Gasteiger partial charge on any atom is -0.344 e. The maximum atomic E-state index is 12.8. The van der Waals surface area contributed by atoms with Crippen molar-refractivity contribution >= 4 is 40.4 Å². The van der Waals surface area contributed by atoms with Crippen LogP contribution < -0.4 is 10.6 Å². The van der Waals surface area contributed by atoms with Crippen LogP contribution >= 0.6 is 11.6 Å².